The summed E-state index contributed by atoms with van der Waals surface area (Å²) in [6, 6.07) is 16.7. The quantitative estimate of drug-likeness (QED) is 0.754. The van der Waals surface area contributed by atoms with Crippen molar-refractivity contribution < 1.29 is 0 Å². The highest BCUT2D eigenvalue weighted by atomic mass is 79.9. The molecule has 0 aliphatic rings. The van der Waals surface area contributed by atoms with Crippen LogP contribution in [0.5, 0.6) is 0 Å². The van der Waals surface area contributed by atoms with Gasteiger partial charge in [-0.3, -0.25) is 4.98 Å². The lowest BCUT2D eigenvalue weighted by atomic mass is 10.1. The van der Waals surface area contributed by atoms with Crippen molar-refractivity contribution in [2.45, 2.75) is 6.42 Å². The van der Waals surface area contributed by atoms with Gasteiger partial charge in [0.05, 0.1) is 0 Å². The van der Waals surface area contributed by atoms with E-state index in [-0.39, 0.29) is 0 Å². The molecule has 0 saturated heterocycles. The monoisotopic (exact) mass is 326 g/mol. The molecule has 0 amide bonds. The summed E-state index contributed by atoms with van der Waals surface area (Å²) in [5.74, 6) is 0. The maximum absolute atomic E-state index is 4.04. The molecule has 1 heterocycles. The van der Waals surface area contributed by atoms with E-state index in [9.17, 15) is 0 Å². The summed E-state index contributed by atoms with van der Waals surface area (Å²) in [7, 11) is 0. The van der Waals surface area contributed by atoms with Crippen LogP contribution in [0.25, 0.3) is 10.8 Å². The van der Waals surface area contributed by atoms with E-state index in [1.807, 2.05) is 12.4 Å². The Bertz CT molecular complexity index is 711. The van der Waals surface area contributed by atoms with E-state index in [0.717, 1.165) is 17.4 Å². The predicted octanol–water partition coefficient (Wildman–Crippen LogP) is 4.65. The van der Waals surface area contributed by atoms with Gasteiger partial charge in [0.15, 0.2) is 0 Å². The first-order valence-electron chi connectivity index (χ1n) is 6.64. The summed E-state index contributed by atoms with van der Waals surface area (Å²) in [5.41, 5.74) is 2.48. The minimum absolute atomic E-state index is 0.912. The fourth-order valence-electron chi connectivity index (χ4n) is 2.31. The Morgan fingerprint density at radius 1 is 0.900 bits per heavy atom. The Kier molecular flexibility index (Phi) is 3.97. The molecule has 2 nitrogen and oxygen atoms in total. The summed E-state index contributed by atoms with van der Waals surface area (Å²) >= 11 is 3.60. The molecule has 2 aromatic carbocycles. The van der Waals surface area contributed by atoms with Crippen LogP contribution in [0.1, 0.15) is 5.56 Å². The average Bonchev–Trinajstić information content (AvgIpc) is 2.51. The van der Waals surface area contributed by atoms with E-state index in [4.69, 9.17) is 0 Å². The van der Waals surface area contributed by atoms with Gasteiger partial charge in [-0.2, -0.15) is 0 Å². The first kappa shape index (κ1) is 13.1. The first-order valence-corrected chi connectivity index (χ1v) is 7.44. The molecule has 0 fully saturated rings. The first-order chi connectivity index (χ1) is 9.84. The topological polar surface area (TPSA) is 24.9 Å². The zero-order valence-electron chi connectivity index (χ0n) is 11.0. The zero-order chi connectivity index (χ0) is 13.8. The summed E-state index contributed by atoms with van der Waals surface area (Å²) in [5, 5.41) is 6.01. The van der Waals surface area contributed by atoms with Gasteiger partial charge in [0.1, 0.15) is 0 Å². The molecule has 0 spiro atoms. The van der Waals surface area contributed by atoms with Crippen LogP contribution < -0.4 is 5.32 Å². The number of aromatic nitrogens is 1. The lowest BCUT2D eigenvalue weighted by Gasteiger charge is -2.11. The second-order valence-corrected chi connectivity index (χ2v) is 5.53. The second-order valence-electron chi connectivity index (χ2n) is 4.67. The highest BCUT2D eigenvalue weighted by molar-refractivity contribution is 9.10. The Labute approximate surface area is 127 Å². The maximum Gasteiger partial charge on any atom is 0.0420 e. The number of rotatable bonds is 4. The van der Waals surface area contributed by atoms with Crippen molar-refractivity contribution in [3.63, 3.8) is 0 Å². The minimum atomic E-state index is 0.912. The van der Waals surface area contributed by atoms with Crippen molar-refractivity contribution in [1.29, 1.82) is 0 Å². The molecule has 0 atom stereocenters. The molecule has 20 heavy (non-hydrogen) atoms. The van der Waals surface area contributed by atoms with Gasteiger partial charge in [0.25, 0.3) is 0 Å². The third-order valence-corrected chi connectivity index (χ3v) is 4.04. The van der Waals surface area contributed by atoms with E-state index in [1.54, 1.807) is 0 Å². The lowest BCUT2D eigenvalue weighted by Crippen LogP contribution is -2.05. The zero-order valence-corrected chi connectivity index (χ0v) is 12.6. The van der Waals surface area contributed by atoms with Gasteiger partial charge >= 0.3 is 0 Å². The van der Waals surface area contributed by atoms with Crippen molar-refractivity contribution in [3.8, 4) is 0 Å². The largest absolute Gasteiger partial charge is 0.384 e. The Balaban J connectivity index is 1.77. The molecule has 1 aromatic heterocycles. The van der Waals surface area contributed by atoms with Crippen LogP contribution in [0.4, 0.5) is 5.69 Å². The van der Waals surface area contributed by atoms with Crippen molar-refractivity contribution >= 4 is 32.4 Å². The average molecular weight is 327 g/mol. The van der Waals surface area contributed by atoms with Gasteiger partial charge in [0, 0.05) is 34.5 Å². The maximum atomic E-state index is 4.04. The number of anilines is 1. The molecule has 0 saturated carbocycles. The molecule has 3 aromatic rings. The number of nitrogens with zero attached hydrogens (tertiary/aromatic N) is 1. The number of benzene rings is 2. The number of fused-ring (bicyclic) bond motifs is 1. The third kappa shape index (κ3) is 2.83. The fourth-order valence-corrected chi connectivity index (χ4v) is 2.79. The normalized spacial score (nSPS) is 10.7. The molecule has 1 N–H and O–H groups in total. The van der Waals surface area contributed by atoms with Gasteiger partial charge in [-0.05, 0) is 41.6 Å². The second kappa shape index (κ2) is 6.06. The molecule has 0 aliphatic carbocycles. The highest BCUT2D eigenvalue weighted by Crippen LogP contribution is 2.29. The summed E-state index contributed by atoms with van der Waals surface area (Å²) in [6.45, 7) is 0.912. The number of hydrogen-bond donors (Lipinski definition) is 1. The van der Waals surface area contributed by atoms with E-state index in [0.29, 0.717) is 0 Å². The van der Waals surface area contributed by atoms with Crippen molar-refractivity contribution in [2.75, 3.05) is 11.9 Å². The molecule has 0 radical (unpaired) electrons. The molecule has 100 valence electrons. The van der Waals surface area contributed by atoms with Gasteiger partial charge in [-0.1, -0.05) is 40.2 Å². The number of halogens is 1. The van der Waals surface area contributed by atoms with Crippen LogP contribution >= 0.6 is 15.9 Å². The number of nitrogens with one attached hydrogen (secondary N) is 1. The van der Waals surface area contributed by atoms with Gasteiger partial charge < -0.3 is 5.32 Å². The molecule has 0 bridgehead atoms. The molecule has 3 rings (SSSR count). The van der Waals surface area contributed by atoms with E-state index >= 15 is 0 Å². The van der Waals surface area contributed by atoms with Crippen LogP contribution in [0.15, 0.2) is 65.4 Å². The Morgan fingerprint density at radius 3 is 2.45 bits per heavy atom. The summed E-state index contributed by atoms with van der Waals surface area (Å²) in [4.78, 5) is 4.04. The van der Waals surface area contributed by atoms with Crippen LogP contribution in [0, 0.1) is 0 Å². The summed E-state index contributed by atoms with van der Waals surface area (Å²) < 4.78 is 1.13. The third-order valence-electron chi connectivity index (χ3n) is 3.35. The van der Waals surface area contributed by atoms with Crippen molar-refractivity contribution in [2.24, 2.45) is 0 Å². The Hall–Kier alpha value is -1.87. The lowest BCUT2D eigenvalue weighted by molar-refractivity contribution is 1.01. The highest BCUT2D eigenvalue weighted by Gasteiger charge is 2.03. The summed E-state index contributed by atoms with van der Waals surface area (Å²) in [6.07, 6.45) is 4.67. The minimum Gasteiger partial charge on any atom is -0.384 e. The van der Waals surface area contributed by atoms with Gasteiger partial charge in [-0.15, -0.1) is 0 Å². The number of hydrogen-bond acceptors (Lipinski definition) is 2. The van der Waals surface area contributed by atoms with E-state index < -0.39 is 0 Å². The van der Waals surface area contributed by atoms with Gasteiger partial charge in [-0.25, -0.2) is 0 Å². The van der Waals surface area contributed by atoms with E-state index in [2.05, 4.69) is 74.8 Å². The van der Waals surface area contributed by atoms with E-state index in [1.165, 1.54) is 22.0 Å². The molecule has 0 unspecified atom stereocenters. The van der Waals surface area contributed by atoms with Crippen LogP contribution in [-0.2, 0) is 6.42 Å². The Morgan fingerprint density at radius 2 is 1.65 bits per heavy atom. The fraction of sp³-hybridized carbons (Fsp3) is 0.118. The molecule has 0 aliphatic heterocycles. The van der Waals surface area contributed by atoms with Crippen molar-refractivity contribution in [3.05, 3.63) is 71.0 Å². The van der Waals surface area contributed by atoms with Crippen molar-refractivity contribution in [1.82, 2.24) is 4.98 Å². The van der Waals surface area contributed by atoms with Crippen LogP contribution in [0.2, 0.25) is 0 Å². The smallest absolute Gasteiger partial charge is 0.0420 e. The van der Waals surface area contributed by atoms with Crippen LogP contribution in [-0.4, -0.2) is 11.5 Å². The molecule has 3 heteroatoms. The predicted molar refractivity (Wildman–Crippen MR) is 88.1 cm³/mol. The molecular weight excluding hydrogens is 312 g/mol. The molecular formula is C17H15BrN2. The van der Waals surface area contributed by atoms with Gasteiger partial charge in [0.2, 0.25) is 0 Å². The number of pyridine rings is 1. The van der Waals surface area contributed by atoms with Crippen LogP contribution in [0.3, 0.4) is 0 Å². The SMILES string of the molecule is Brc1ccc(NCCc2ccncc2)c2ccccc12. The standard InChI is InChI=1S/C17H15BrN2/c18-16-5-6-17(15-4-2-1-3-14(15)16)20-12-9-13-7-10-19-11-8-13/h1-8,10-11,20H,9,12H2.